The van der Waals surface area contributed by atoms with E-state index >= 15 is 0 Å². The molecular weight excluding hydrogens is 426 g/mol. The molecule has 0 bridgehead atoms. The van der Waals surface area contributed by atoms with E-state index in [1.807, 2.05) is 36.9 Å². The molecule has 1 aromatic carbocycles. The van der Waals surface area contributed by atoms with Gasteiger partial charge in [-0.3, -0.25) is 19.3 Å². The van der Waals surface area contributed by atoms with E-state index in [1.54, 1.807) is 23.1 Å². The number of hydrogen-bond donors (Lipinski definition) is 0. The molecule has 1 saturated heterocycles. The maximum absolute atomic E-state index is 13.4. The maximum Gasteiger partial charge on any atom is 0.250 e. The summed E-state index contributed by atoms with van der Waals surface area (Å²) in [6, 6.07) is 5.95. The Morgan fingerprint density at radius 1 is 1.25 bits per heavy atom. The van der Waals surface area contributed by atoms with Crippen molar-refractivity contribution in [2.75, 3.05) is 51.4 Å². The molecule has 2 aromatic heterocycles. The Morgan fingerprint density at radius 2 is 2.03 bits per heavy atom. The Hall–Kier alpha value is -2.49. The maximum atomic E-state index is 13.4. The van der Waals surface area contributed by atoms with Crippen LogP contribution in [0, 0.1) is 20.8 Å². The van der Waals surface area contributed by atoms with Gasteiger partial charge >= 0.3 is 0 Å². The Morgan fingerprint density at radius 3 is 2.72 bits per heavy atom. The van der Waals surface area contributed by atoms with E-state index in [-0.39, 0.29) is 12.5 Å². The summed E-state index contributed by atoms with van der Waals surface area (Å²) in [4.78, 5) is 22.5. The van der Waals surface area contributed by atoms with Crippen molar-refractivity contribution in [1.82, 2.24) is 19.7 Å². The topological polar surface area (TPSA) is 72.7 Å². The van der Waals surface area contributed by atoms with Crippen LogP contribution in [0.25, 0.3) is 10.2 Å². The van der Waals surface area contributed by atoms with Gasteiger partial charge in [-0.05, 0) is 44.9 Å². The van der Waals surface area contributed by atoms with Crippen molar-refractivity contribution < 1.29 is 14.3 Å². The summed E-state index contributed by atoms with van der Waals surface area (Å²) in [5.74, 6) is 0.723. The van der Waals surface area contributed by atoms with Crippen LogP contribution in [0.4, 0.5) is 5.13 Å². The van der Waals surface area contributed by atoms with Crippen LogP contribution < -0.4 is 9.64 Å². The molecular formula is C23H31N5O3S. The predicted molar refractivity (Wildman–Crippen MR) is 127 cm³/mol. The Balaban J connectivity index is 1.58. The SMILES string of the molecule is COc1ccc(C)c2sc(N(CCCN3CCOCC3)C(=O)Cn3nc(C)cc3C)nc12. The molecule has 3 aromatic rings. The first-order valence-electron chi connectivity index (χ1n) is 11.0. The molecule has 172 valence electrons. The lowest BCUT2D eigenvalue weighted by atomic mass is 10.2. The van der Waals surface area contributed by atoms with Crippen LogP contribution in [-0.2, 0) is 16.1 Å². The highest BCUT2D eigenvalue weighted by Crippen LogP contribution is 2.36. The van der Waals surface area contributed by atoms with Gasteiger partial charge in [-0.2, -0.15) is 5.10 Å². The number of nitrogens with zero attached hydrogens (tertiary/aromatic N) is 5. The fourth-order valence-corrected chi connectivity index (χ4v) is 5.13. The van der Waals surface area contributed by atoms with E-state index in [0.29, 0.717) is 11.7 Å². The average molecular weight is 458 g/mol. The molecule has 1 aliphatic rings. The fourth-order valence-electron chi connectivity index (χ4n) is 4.03. The molecule has 0 unspecified atom stereocenters. The quantitative estimate of drug-likeness (QED) is 0.517. The number of ether oxygens (including phenoxy) is 2. The molecule has 0 spiro atoms. The van der Waals surface area contributed by atoms with Crippen LogP contribution in [0.5, 0.6) is 5.75 Å². The number of aryl methyl sites for hydroxylation is 3. The minimum Gasteiger partial charge on any atom is -0.494 e. The zero-order chi connectivity index (χ0) is 22.7. The first-order valence-corrected chi connectivity index (χ1v) is 11.8. The van der Waals surface area contributed by atoms with Crippen molar-refractivity contribution in [3.8, 4) is 5.75 Å². The molecule has 0 N–H and O–H groups in total. The van der Waals surface area contributed by atoms with Gasteiger partial charge in [-0.25, -0.2) is 4.98 Å². The van der Waals surface area contributed by atoms with Gasteiger partial charge in [0.1, 0.15) is 17.8 Å². The number of anilines is 1. The van der Waals surface area contributed by atoms with E-state index in [9.17, 15) is 4.79 Å². The van der Waals surface area contributed by atoms with Crippen molar-refractivity contribution >= 4 is 32.6 Å². The Bertz CT molecular complexity index is 1090. The second-order valence-electron chi connectivity index (χ2n) is 8.20. The molecule has 0 aliphatic carbocycles. The van der Waals surface area contributed by atoms with Gasteiger partial charge in [0.05, 0.1) is 30.7 Å². The number of carbonyl (C=O) groups excluding carboxylic acids is 1. The smallest absolute Gasteiger partial charge is 0.250 e. The predicted octanol–water partition coefficient (Wildman–Crippen LogP) is 3.18. The number of methoxy groups -OCH3 is 1. The van der Waals surface area contributed by atoms with E-state index in [4.69, 9.17) is 14.5 Å². The second-order valence-corrected chi connectivity index (χ2v) is 9.17. The molecule has 32 heavy (non-hydrogen) atoms. The van der Waals surface area contributed by atoms with Crippen molar-refractivity contribution in [1.29, 1.82) is 0 Å². The normalized spacial score (nSPS) is 14.8. The minimum absolute atomic E-state index is 0.00569. The van der Waals surface area contributed by atoms with Gasteiger partial charge < -0.3 is 9.47 Å². The largest absolute Gasteiger partial charge is 0.494 e. The highest BCUT2D eigenvalue weighted by molar-refractivity contribution is 7.22. The number of amides is 1. The Kier molecular flexibility index (Phi) is 7.07. The summed E-state index contributed by atoms with van der Waals surface area (Å²) < 4.78 is 13.8. The molecule has 0 saturated carbocycles. The molecule has 0 radical (unpaired) electrons. The highest BCUT2D eigenvalue weighted by atomic mass is 32.1. The number of morpholine rings is 1. The van der Waals surface area contributed by atoms with Crippen LogP contribution in [0.1, 0.15) is 23.4 Å². The first kappa shape index (κ1) is 22.7. The third kappa shape index (κ3) is 4.95. The molecule has 8 nitrogen and oxygen atoms in total. The van der Waals surface area contributed by atoms with E-state index in [0.717, 1.165) is 72.2 Å². The molecule has 4 rings (SSSR count). The van der Waals surface area contributed by atoms with Gasteiger partial charge in [0.2, 0.25) is 0 Å². The van der Waals surface area contributed by atoms with Crippen LogP contribution in [0.3, 0.4) is 0 Å². The van der Waals surface area contributed by atoms with Gasteiger partial charge in [-0.1, -0.05) is 17.4 Å². The lowest BCUT2D eigenvalue weighted by Crippen LogP contribution is -2.40. The third-order valence-electron chi connectivity index (χ3n) is 5.79. The summed E-state index contributed by atoms with van der Waals surface area (Å²) >= 11 is 1.55. The monoisotopic (exact) mass is 457 g/mol. The van der Waals surface area contributed by atoms with Crippen LogP contribution in [0.2, 0.25) is 0 Å². The fraction of sp³-hybridized carbons (Fsp3) is 0.522. The summed E-state index contributed by atoms with van der Waals surface area (Å²) in [6.45, 7) is 11.1. The lowest BCUT2D eigenvalue weighted by molar-refractivity contribution is -0.119. The molecule has 1 amide bonds. The van der Waals surface area contributed by atoms with Crippen LogP contribution >= 0.6 is 11.3 Å². The number of benzene rings is 1. The second kappa shape index (κ2) is 9.97. The zero-order valence-corrected chi connectivity index (χ0v) is 20.1. The number of thiazole rings is 1. The van der Waals surface area contributed by atoms with Crippen molar-refractivity contribution in [3.63, 3.8) is 0 Å². The van der Waals surface area contributed by atoms with Crippen molar-refractivity contribution in [2.45, 2.75) is 33.7 Å². The standard InChI is InChI=1S/C23H31N5O3S/c1-16-6-7-19(30-4)21-22(16)32-23(24-21)27(9-5-8-26-10-12-31-13-11-26)20(29)15-28-18(3)14-17(2)25-28/h6-7,14H,5,8-13,15H2,1-4H3. The lowest BCUT2D eigenvalue weighted by Gasteiger charge is -2.27. The molecule has 3 heterocycles. The molecule has 1 fully saturated rings. The Labute approximate surface area is 192 Å². The van der Waals surface area contributed by atoms with Crippen molar-refractivity contribution in [2.24, 2.45) is 0 Å². The van der Waals surface area contributed by atoms with Gasteiger partial charge in [-0.15, -0.1) is 0 Å². The first-order chi connectivity index (χ1) is 15.5. The van der Waals surface area contributed by atoms with E-state index in [1.165, 1.54) is 0 Å². The molecule has 1 aliphatic heterocycles. The average Bonchev–Trinajstić information content (AvgIpc) is 3.36. The zero-order valence-electron chi connectivity index (χ0n) is 19.3. The van der Waals surface area contributed by atoms with Crippen LogP contribution in [0.15, 0.2) is 18.2 Å². The molecule has 9 heteroatoms. The minimum atomic E-state index is -0.00569. The van der Waals surface area contributed by atoms with E-state index < -0.39 is 0 Å². The van der Waals surface area contributed by atoms with Crippen molar-refractivity contribution in [3.05, 3.63) is 35.2 Å². The summed E-state index contributed by atoms with van der Waals surface area (Å²) in [6.07, 6.45) is 0.870. The summed E-state index contributed by atoms with van der Waals surface area (Å²) in [5, 5.41) is 5.18. The summed E-state index contributed by atoms with van der Waals surface area (Å²) in [5.41, 5.74) is 3.83. The van der Waals surface area contributed by atoms with Crippen LogP contribution in [-0.4, -0.2) is 72.1 Å². The third-order valence-corrected chi connectivity index (χ3v) is 7.01. The number of fused-ring (bicyclic) bond motifs is 1. The number of hydrogen-bond acceptors (Lipinski definition) is 7. The summed E-state index contributed by atoms with van der Waals surface area (Å²) in [7, 11) is 1.65. The number of aromatic nitrogens is 3. The van der Waals surface area contributed by atoms with E-state index in [2.05, 4.69) is 16.9 Å². The van der Waals surface area contributed by atoms with Gasteiger partial charge in [0.15, 0.2) is 5.13 Å². The van der Waals surface area contributed by atoms with Gasteiger partial charge in [0, 0.05) is 31.9 Å². The number of rotatable bonds is 8. The molecule has 0 atom stereocenters. The van der Waals surface area contributed by atoms with Gasteiger partial charge in [0.25, 0.3) is 5.91 Å². The number of carbonyl (C=O) groups is 1. The highest BCUT2D eigenvalue weighted by Gasteiger charge is 2.23.